The number of fused-ring (bicyclic) bond motifs is 1. The Labute approximate surface area is 222 Å². The zero-order valence-electron chi connectivity index (χ0n) is 22.4. The van der Waals surface area contributed by atoms with Gasteiger partial charge in [-0.2, -0.15) is 0 Å². The van der Waals surface area contributed by atoms with Gasteiger partial charge in [0.25, 0.3) is 5.91 Å². The van der Waals surface area contributed by atoms with Crippen LogP contribution in [0.2, 0.25) is 0 Å². The first-order valence-electron chi connectivity index (χ1n) is 12.2. The summed E-state index contributed by atoms with van der Waals surface area (Å²) in [6.45, 7) is 2.32. The lowest BCUT2D eigenvalue weighted by Crippen LogP contribution is -2.44. The number of para-hydroxylation sites is 2. The summed E-state index contributed by atoms with van der Waals surface area (Å²) in [6, 6.07) is 15.3. The molecule has 2 unspecified atom stereocenters. The lowest BCUT2D eigenvalue weighted by molar-refractivity contribution is -0.119. The highest BCUT2D eigenvalue weighted by molar-refractivity contribution is 6.05. The Morgan fingerprint density at radius 3 is 2.13 bits per heavy atom. The minimum atomic E-state index is -0.805. The van der Waals surface area contributed by atoms with Crippen LogP contribution in [0.3, 0.4) is 0 Å². The molecule has 1 heterocycles. The van der Waals surface area contributed by atoms with Crippen LogP contribution in [-0.2, 0) is 4.79 Å². The van der Waals surface area contributed by atoms with E-state index < -0.39 is 12.0 Å². The number of nitrogens with zero attached hydrogens (tertiary/aromatic N) is 1. The summed E-state index contributed by atoms with van der Waals surface area (Å²) in [4.78, 5) is 29.3. The van der Waals surface area contributed by atoms with Crippen molar-refractivity contribution in [2.45, 2.75) is 18.9 Å². The Balaban J connectivity index is 1.90. The molecule has 0 aliphatic carbocycles. The number of ether oxygens (including phenoxy) is 5. The van der Waals surface area contributed by atoms with Gasteiger partial charge in [-0.05, 0) is 54.4 Å². The lowest BCUT2D eigenvalue weighted by Gasteiger charge is -2.40. The molecule has 0 saturated heterocycles. The minimum Gasteiger partial charge on any atom is -0.493 e. The largest absolute Gasteiger partial charge is 0.493 e. The normalized spacial score (nSPS) is 16.4. The van der Waals surface area contributed by atoms with E-state index in [1.54, 1.807) is 62.6 Å². The Morgan fingerprint density at radius 1 is 0.842 bits per heavy atom. The van der Waals surface area contributed by atoms with Gasteiger partial charge >= 0.3 is 0 Å². The number of methoxy groups -OCH3 is 4. The van der Waals surface area contributed by atoms with E-state index in [0.29, 0.717) is 57.7 Å². The molecule has 38 heavy (non-hydrogen) atoms. The molecule has 0 fully saturated rings. The summed E-state index contributed by atoms with van der Waals surface area (Å²) in [6.07, 6.45) is 0. The molecule has 3 aromatic carbocycles. The van der Waals surface area contributed by atoms with Crippen molar-refractivity contribution < 1.29 is 33.3 Å². The summed E-state index contributed by atoms with van der Waals surface area (Å²) in [5, 5.41) is 3.03. The fraction of sp³-hybridized carbons (Fsp3) is 0.310. The average molecular weight is 521 g/mol. The van der Waals surface area contributed by atoms with Gasteiger partial charge in [-0.15, -0.1) is 0 Å². The summed E-state index contributed by atoms with van der Waals surface area (Å²) >= 11 is 0. The average Bonchev–Trinajstić information content (AvgIpc) is 2.94. The van der Waals surface area contributed by atoms with Crippen molar-refractivity contribution in [3.8, 4) is 28.7 Å². The zero-order valence-corrected chi connectivity index (χ0v) is 22.4. The first-order valence-corrected chi connectivity index (χ1v) is 12.2. The van der Waals surface area contributed by atoms with Crippen molar-refractivity contribution in [2.24, 2.45) is 0 Å². The number of amides is 2. The van der Waals surface area contributed by atoms with Crippen molar-refractivity contribution in [3.05, 3.63) is 71.3 Å². The van der Waals surface area contributed by atoms with E-state index in [1.165, 1.54) is 14.2 Å². The van der Waals surface area contributed by atoms with Crippen molar-refractivity contribution >= 4 is 17.5 Å². The second-order valence-corrected chi connectivity index (χ2v) is 8.67. The first kappa shape index (κ1) is 26.7. The second kappa shape index (κ2) is 11.3. The summed E-state index contributed by atoms with van der Waals surface area (Å²) in [7, 11) is 7.79. The number of likely N-dealkylation sites (N-methyl/N-ethyl adjacent to an activating group) is 1. The maximum absolute atomic E-state index is 14.1. The maximum atomic E-state index is 14.1. The molecule has 4 rings (SSSR count). The van der Waals surface area contributed by atoms with E-state index in [2.05, 4.69) is 5.32 Å². The highest BCUT2D eigenvalue weighted by Crippen LogP contribution is 2.47. The Morgan fingerprint density at radius 2 is 1.47 bits per heavy atom. The molecule has 2 atom stereocenters. The molecule has 1 N–H and O–H groups in total. The van der Waals surface area contributed by atoms with Crippen LogP contribution in [0.15, 0.2) is 54.6 Å². The van der Waals surface area contributed by atoms with Gasteiger partial charge < -0.3 is 33.9 Å². The first-order chi connectivity index (χ1) is 18.4. The molecule has 0 aromatic heterocycles. The summed E-state index contributed by atoms with van der Waals surface area (Å²) in [5.74, 6) is 1.04. The molecule has 200 valence electrons. The van der Waals surface area contributed by atoms with E-state index in [-0.39, 0.29) is 11.8 Å². The number of benzene rings is 3. The molecule has 0 bridgehead atoms. The van der Waals surface area contributed by atoms with Gasteiger partial charge in [-0.3, -0.25) is 9.59 Å². The van der Waals surface area contributed by atoms with Crippen molar-refractivity contribution in [2.75, 3.05) is 47.4 Å². The van der Waals surface area contributed by atoms with E-state index in [9.17, 15) is 9.59 Å². The monoisotopic (exact) mass is 520 g/mol. The number of carbonyl (C=O) groups is 2. The van der Waals surface area contributed by atoms with Gasteiger partial charge in [0.1, 0.15) is 5.75 Å². The number of nitrogens with one attached hydrogen (secondary N) is 1. The van der Waals surface area contributed by atoms with Gasteiger partial charge in [0, 0.05) is 12.6 Å². The van der Waals surface area contributed by atoms with E-state index in [4.69, 9.17) is 23.7 Å². The van der Waals surface area contributed by atoms with Crippen LogP contribution in [0, 0.1) is 0 Å². The molecule has 0 saturated carbocycles. The molecule has 0 spiro atoms. The third kappa shape index (κ3) is 4.79. The number of rotatable bonds is 9. The van der Waals surface area contributed by atoms with Crippen LogP contribution < -0.4 is 29.0 Å². The molecular weight excluding hydrogens is 488 g/mol. The third-order valence-electron chi connectivity index (χ3n) is 6.65. The zero-order chi connectivity index (χ0) is 27.4. The van der Waals surface area contributed by atoms with Crippen LogP contribution in [0.5, 0.6) is 28.7 Å². The number of anilines is 1. The van der Waals surface area contributed by atoms with E-state index >= 15 is 0 Å². The highest BCUT2D eigenvalue weighted by Gasteiger charge is 2.44. The fourth-order valence-corrected chi connectivity index (χ4v) is 4.85. The molecule has 1 aliphatic rings. The van der Waals surface area contributed by atoms with Crippen LogP contribution in [0.4, 0.5) is 5.69 Å². The Bertz CT molecular complexity index is 1340. The quantitative estimate of drug-likeness (QED) is 0.438. The van der Waals surface area contributed by atoms with Gasteiger partial charge in [-0.25, -0.2) is 0 Å². The summed E-state index contributed by atoms with van der Waals surface area (Å²) < 4.78 is 27.6. The van der Waals surface area contributed by atoms with Gasteiger partial charge in [-0.1, -0.05) is 18.2 Å². The fourth-order valence-electron chi connectivity index (χ4n) is 4.85. The maximum Gasteiger partial charge on any atom is 0.254 e. The van der Waals surface area contributed by atoms with Gasteiger partial charge in [0.2, 0.25) is 5.91 Å². The SMILES string of the molecule is CCOc1ccccc1NC(=O)C1c2cc(OC)c(OC)cc2C(=O)N(C)C1c1ccc(OC)c(OC)c1. The molecule has 3 aromatic rings. The van der Waals surface area contributed by atoms with Crippen LogP contribution in [0.1, 0.15) is 40.4 Å². The smallest absolute Gasteiger partial charge is 0.254 e. The minimum absolute atomic E-state index is 0.250. The van der Waals surface area contributed by atoms with Crippen LogP contribution in [-0.4, -0.2) is 58.8 Å². The number of hydrogen-bond acceptors (Lipinski definition) is 7. The van der Waals surface area contributed by atoms with E-state index in [1.807, 2.05) is 25.1 Å². The van der Waals surface area contributed by atoms with Crippen LogP contribution >= 0.6 is 0 Å². The highest BCUT2D eigenvalue weighted by atomic mass is 16.5. The molecule has 9 heteroatoms. The van der Waals surface area contributed by atoms with Gasteiger partial charge in [0.05, 0.1) is 52.7 Å². The van der Waals surface area contributed by atoms with Crippen LogP contribution in [0.25, 0.3) is 0 Å². The second-order valence-electron chi connectivity index (χ2n) is 8.67. The predicted octanol–water partition coefficient (Wildman–Crippen LogP) is 4.67. The molecule has 9 nitrogen and oxygen atoms in total. The van der Waals surface area contributed by atoms with E-state index in [0.717, 1.165) is 0 Å². The Hall–Kier alpha value is -4.40. The van der Waals surface area contributed by atoms with Crippen molar-refractivity contribution in [3.63, 3.8) is 0 Å². The van der Waals surface area contributed by atoms with Crippen molar-refractivity contribution in [1.29, 1.82) is 0 Å². The Kier molecular flexibility index (Phi) is 7.95. The summed E-state index contributed by atoms with van der Waals surface area (Å²) in [5.41, 5.74) is 2.13. The third-order valence-corrected chi connectivity index (χ3v) is 6.65. The molecule has 2 amide bonds. The lowest BCUT2D eigenvalue weighted by atomic mass is 9.79. The molecular formula is C29H32N2O7. The standard InChI is InChI=1S/C29H32N2O7/c1-7-38-21-11-9-8-10-20(21)30-28(32)26-18-15-24(36-5)25(37-6)16-19(18)29(33)31(2)27(26)17-12-13-22(34-3)23(14-17)35-4/h8-16,26-27H,7H2,1-6H3,(H,30,32). The van der Waals surface area contributed by atoms with Crippen molar-refractivity contribution in [1.82, 2.24) is 4.90 Å². The topological polar surface area (TPSA) is 95.6 Å². The number of hydrogen-bond donors (Lipinski definition) is 1. The predicted molar refractivity (Wildman–Crippen MR) is 143 cm³/mol. The number of carbonyl (C=O) groups excluding carboxylic acids is 2. The van der Waals surface area contributed by atoms with Gasteiger partial charge in [0.15, 0.2) is 23.0 Å². The molecule has 0 radical (unpaired) electrons. The molecule has 1 aliphatic heterocycles.